The summed E-state index contributed by atoms with van der Waals surface area (Å²) in [7, 11) is 3.11. The van der Waals surface area contributed by atoms with Crippen LogP contribution in [0.1, 0.15) is 37.0 Å². The molecule has 5 heteroatoms. The summed E-state index contributed by atoms with van der Waals surface area (Å²) in [6, 6.07) is 5.12. The normalized spacial score (nSPS) is 11.1. The molecular formula is C16H26N2O3. The van der Waals surface area contributed by atoms with E-state index in [9.17, 15) is 4.79 Å². The molecule has 1 rings (SSSR count). The maximum absolute atomic E-state index is 12.3. The van der Waals surface area contributed by atoms with Gasteiger partial charge in [0.15, 0.2) is 11.5 Å². The van der Waals surface area contributed by atoms with Crippen molar-refractivity contribution in [3.8, 4) is 11.5 Å². The molecular weight excluding hydrogens is 268 g/mol. The molecule has 0 fully saturated rings. The van der Waals surface area contributed by atoms with Crippen molar-refractivity contribution in [2.24, 2.45) is 11.1 Å². The quantitative estimate of drug-likeness (QED) is 0.771. The lowest BCUT2D eigenvalue weighted by atomic mass is 9.82. The molecule has 1 aromatic carbocycles. The molecule has 3 N–H and O–H groups in total. The van der Waals surface area contributed by atoms with Gasteiger partial charge in [0, 0.05) is 12.1 Å². The third-order valence-corrected chi connectivity index (χ3v) is 4.20. The number of amides is 1. The van der Waals surface area contributed by atoms with Crippen LogP contribution in [0, 0.1) is 5.41 Å². The fourth-order valence-electron chi connectivity index (χ4n) is 2.21. The number of hydrogen-bond donors (Lipinski definition) is 2. The van der Waals surface area contributed by atoms with Crippen LogP contribution in [0.2, 0.25) is 0 Å². The van der Waals surface area contributed by atoms with Crippen LogP contribution in [0.5, 0.6) is 11.5 Å². The second-order valence-electron chi connectivity index (χ2n) is 5.16. The third kappa shape index (κ3) is 4.11. The molecule has 0 radical (unpaired) electrons. The summed E-state index contributed by atoms with van der Waals surface area (Å²) < 4.78 is 10.4. The van der Waals surface area contributed by atoms with E-state index in [1.165, 1.54) is 0 Å². The van der Waals surface area contributed by atoms with E-state index in [4.69, 9.17) is 15.2 Å². The summed E-state index contributed by atoms with van der Waals surface area (Å²) in [5.41, 5.74) is 6.36. The fraction of sp³-hybridized carbons (Fsp3) is 0.562. The van der Waals surface area contributed by atoms with Crippen LogP contribution in [0.25, 0.3) is 0 Å². The minimum absolute atomic E-state index is 0.0355. The third-order valence-electron chi connectivity index (χ3n) is 4.20. The first kappa shape index (κ1) is 17.3. The second-order valence-corrected chi connectivity index (χ2v) is 5.16. The van der Waals surface area contributed by atoms with Crippen LogP contribution in [0.15, 0.2) is 18.2 Å². The number of hydrogen-bond acceptors (Lipinski definition) is 4. The Bertz CT molecular complexity index is 462. The maximum atomic E-state index is 12.3. The lowest BCUT2D eigenvalue weighted by molar-refractivity contribution is 0.0927. The summed E-state index contributed by atoms with van der Waals surface area (Å²) in [6.45, 7) is 5.33. The lowest BCUT2D eigenvalue weighted by Gasteiger charge is -2.30. The van der Waals surface area contributed by atoms with Gasteiger partial charge in [-0.1, -0.05) is 13.8 Å². The topological polar surface area (TPSA) is 73.6 Å². The van der Waals surface area contributed by atoms with Crippen LogP contribution in [-0.2, 0) is 0 Å². The molecule has 0 heterocycles. The standard InChI is InChI=1S/C16H26N2O3/c1-5-16(6-2,10-17)11-18-15(19)12-7-8-13(20-3)14(9-12)21-4/h7-9H,5-6,10-11,17H2,1-4H3,(H,18,19). The molecule has 1 amide bonds. The molecule has 1 aromatic rings. The van der Waals surface area contributed by atoms with Crippen molar-refractivity contribution in [2.75, 3.05) is 27.3 Å². The summed E-state index contributed by atoms with van der Waals surface area (Å²) in [5.74, 6) is 1.02. The van der Waals surface area contributed by atoms with Crippen LogP contribution in [-0.4, -0.2) is 33.2 Å². The molecule has 0 spiro atoms. The molecule has 0 aliphatic carbocycles. The summed E-state index contributed by atoms with van der Waals surface area (Å²) in [4.78, 5) is 12.3. The smallest absolute Gasteiger partial charge is 0.251 e. The van der Waals surface area contributed by atoms with Gasteiger partial charge in [0.2, 0.25) is 0 Å². The van der Waals surface area contributed by atoms with E-state index in [0.29, 0.717) is 30.2 Å². The van der Waals surface area contributed by atoms with Crippen molar-refractivity contribution in [3.63, 3.8) is 0 Å². The molecule has 5 nitrogen and oxygen atoms in total. The molecule has 118 valence electrons. The highest BCUT2D eigenvalue weighted by Gasteiger charge is 2.25. The molecule has 0 aromatic heterocycles. The largest absolute Gasteiger partial charge is 0.493 e. The van der Waals surface area contributed by atoms with E-state index < -0.39 is 0 Å². The van der Waals surface area contributed by atoms with Crippen LogP contribution < -0.4 is 20.5 Å². The summed E-state index contributed by atoms with van der Waals surface area (Å²) in [5, 5.41) is 2.97. The number of rotatable bonds is 8. The zero-order valence-corrected chi connectivity index (χ0v) is 13.4. The first-order valence-electron chi connectivity index (χ1n) is 7.26. The van der Waals surface area contributed by atoms with Crippen molar-refractivity contribution < 1.29 is 14.3 Å². The SMILES string of the molecule is CCC(CC)(CN)CNC(=O)c1ccc(OC)c(OC)c1. The van der Waals surface area contributed by atoms with Gasteiger partial charge >= 0.3 is 0 Å². The monoisotopic (exact) mass is 294 g/mol. The highest BCUT2D eigenvalue weighted by Crippen LogP contribution is 2.28. The molecule has 0 saturated carbocycles. The zero-order valence-electron chi connectivity index (χ0n) is 13.4. The van der Waals surface area contributed by atoms with Crippen LogP contribution in [0.3, 0.4) is 0 Å². The van der Waals surface area contributed by atoms with Gasteiger partial charge in [0.1, 0.15) is 0 Å². The highest BCUT2D eigenvalue weighted by atomic mass is 16.5. The second kappa shape index (κ2) is 7.88. The number of carbonyl (C=O) groups excluding carboxylic acids is 1. The Morgan fingerprint density at radius 3 is 2.29 bits per heavy atom. The van der Waals surface area contributed by atoms with Gasteiger partial charge in [-0.2, -0.15) is 0 Å². The number of ether oxygens (including phenoxy) is 2. The van der Waals surface area contributed by atoms with E-state index in [2.05, 4.69) is 19.2 Å². The predicted octanol–water partition coefficient (Wildman–Crippen LogP) is 2.20. The summed E-state index contributed by atoms with van der Waals surface area (Å²) >= 11 is 0. The molecule has 0 aliphatic rings. The van der Waals surface area contributed by atoms with E-state index in [1.54, 1.807) is 32.4 Å². The van der Waals surface area contributed by atoms with Gasteiger partial charge in [-0.3, -0.25) is 4.79 Å². The van der Waals surface area contributed by atoms with Crippen LogP contribution >= 0.6 is 0 Å². The molecule has 0 atom stereocenters. The van der Waals surface area contributed by atoms with E-state index in [-0.39, 0.29) is 11.3 Å². The Kier molecular flexibility index (Phi) is 6.49. The van der Waals surface area contributed by atoms with Crippen LogP contribution in [0.4, 0.5) is 0 Å². The fourth-order valence-corrected chi connectivity index (χ4v) is 2.21. The van der Waals surface area contributed by atoms with Gasteiger partial charge in [-0.05, 0) is 43.0 Å². The Labute approximate surface area is 126 Å². The maximum Gasteiger partial charge on any atom is 0.251 e. The van der Waals surface area contributed by atoms with Crippen molar-refractivity contribution in [2.45, 2.75) is 26.7 Å². The van der Waals surface area contributed by atoms with E-state index >= 15 is 0 Å². The minimum atomic E-state index is -0.129. The Hall–Kier alpha value is -1.75. The molecule has 0 aliphatic heterocycles. The number of benzene rings is 1. The van der Waals surface area contributed by atoms with E-state index in [1.807, 2.05) is 0 Å². The lowest BCUT2D eigenvalue weighted by Crippen LogP contribution is -2.41. The number of carbonyl (C=O) groups is 1. The minimum Gasteiger partial charge on any atom is -0.493 e. The molecule has 21 heavy (non-hydrogen) atoms. The van der Waals surface area contributed by atoms with Crippen molar-refractivity contribution in [3.05, 3.63) is 23.8 Å². The first-order valence-corrected chi connectivity index (χ1v) is 7.26. The zero-order chi connectivity index (χ0) is 15.9. The molecule has 0 bridgehead atoms. The van der Waals surface area contributed by atoms with Gasteiger partial charge in [0.25, 0.3) is 5.91 Å². The number of methoxy groups -OCH3 is 2. The average Bonchev–Trinajstić information content (AvgIpc) is 2.55. The van der Waals surface area contributed by atoms with Gasteiger partial charge in [-0.25, -0.2) is 0 Å². The Morgan fingerprint density at radius 2 is 1.81 bits per heavy atom. The van der Waals surface area contributed by atoms with Gasteiger partial charge in [-0.15, -0.1) is 0 Å². The number of nitrogens with one attached hydrogen (secondary N) is 1. The van der Waals surface area contributed by atoms with E-state index in [0.717, 1.165) is 12.8 Å². The predicted molar refractivity (Wildman–Crippen MR) is 83.9 cm³/mol. The highest BCUT2D eigenvalue weighted by molar-refractivity contribution is 5.94. The molecule has 0 unspecified atom stereocenters. The number of nitrogens with two attached hydrogens (primary N) is 1. The van der Waals surface area contributed by atoms with Crippen molar-refractivity contribution >= 4 is 5.91 Å². The van der Waals surface area contributed by atoms with Crippen molar-refractivity contribution in [1.82, 2.24) is 5.32 Å². The Balaban J connectivity index is 2.80. The average molecular weight is 294 g/mol. The molecule has 0 saturated heterocycles. The Morgan fingerprint density at radius 1 is 1.19 bits per heavy atom. The van der Waals surface area contributed by atoms with Gasteiger partial charge in [0.05, 0.1) is 14.2 Å². The van der Waals surface area contributed by atoms with Gasteiger partial charge < -0.3 is 20.5 Å². The van der Waals surface area contributed by atoms with Crippen molar-refractivity contribution in [1.29, 1.82) is 0 Å². The first-order chi connectivity index (χ1) is 10.1. The summed E-state index contributed by atoms with van der Waals surface area (Å²) in [6.07, 6.45) is 1.87.